The standard InChI is InChI=1S/C37H29N3O/c1-3-9-28(10-4-1)29-17-15-27(16-18-29)25-40-26-38-23-33(40)24-39-32-19-20-34(35(22-32)30-11-5-2-6-12-30)37-21-31-13-7-8-14-36(31)41-37/h1-23,26,39H,24-25H2. The Bertz CT molecular complexity index is 1870. The van der Waals surface area contributed by atoms with Crippen LogP contribution in [0.5, 0.6) is 0 Å². The Kier molecular flexibility index (Phi) is 6.64. The van der Waals surface area contributed by atoms with Crippen molar-refractivity contribution < 1.29 is 4.42 Å². The Morgan fingerprint density at radius 3 is 2.12 bits per heavy atom. The molecule has 1 N–H and O–H groups in total. The molecule has 0 bridgehead atoms. The van der Waals surface area contributed by atoms with Crippen LogP contribution in [0.25, 0.3) is 44.5 Å². The van der Waals surface area contributed by atoms with E-state index < -0.39 is 0 Å². The maximum absolute atomic E-state index is 6.25. The first-order chi connectivity index (χ1) is 20.3. The molecule has 0 fully saturated rings. The molecule has 5 aromatic carbocycles. The van der Waals surface area contributed by atoms with Gasteiger partial charge in [0.1, 0.15) is 11.3 Å². The third-order valence-electron chi connectivity index (χ3n) is 7.48. The lowest BCUT2D eigenvalue weighted by molar-refractivity contribution is 0.632. The highest BCUT2D eigenvalue weighted by atomic mass is 16.3. The fourth-order valence-corrected chi connectivity index (χ4v) is 5.30. The molecule has 4 heteroatoms. The molecule has 0 aliphatic carbocycles. The van der Waals surface area contributed by atoms with Gasteiger partial charge in [0.05, 0.1) is 18.6 Å². The second-order valence-corrected chi connectivity index (χ2v) is 10.2. The number of anilines is 1. The maximum atomic E-state index is 6.25. The number of hydrogen-bond acceptors (Lipinski definition) is 3. The summed E-state index contributed by atoms with van der Waals surface area (Å²) in [6, 6.07) is 46.5. The summed E-state index contributed by atoms with van der Waals surface area (Å²) in [5, 5.41) is 4.73. The van der Waals surface area contributed by atoms with Crippen molar-refractivity contribution in [3.8, 4) is 33.6 Å². The van der Waals surface area contributed by atoms with Crippen LogP contribution in [0.4, 0.5) is 5.69 Å². The van der Waals surface area contributed by atoms with E-state index in [1.165, 1.54) is 16.7 Å². The molecule has 41 heavy (non-hydrogen) atoms. The molecule has 7 aromatic rings. The van der Waals surface area contributed by atoms with Gasteiger partial charge < -0.3 is 14.3 Å². The van der Waals surface area contributed by atoms with Crippen LogP contribution in [-0.2, 0) is 13.1 Å². The van der Waals surface area contributed by atoms with E-state index in [0.717, 1.165) is 51.3 Å². The summed E-state index contributed by atoms with van der Waals surface area (Å²) < 4.78 is 8.45. The molecule has 0 aliphatic rings. The fraction of sp³-hybridized carbons (Fsp3) is 0.0541. The minimum absolute atomic E-state index is 0.667. The Morgan fingerprint density at radius 2 is 1.34 bits per heavy atom. The zero-order chi connectivity index (χ0) is 27.4. The van der Waals surface area contributed by atoms with Crippen molar-refractivity contribution >= 4 is 16.7 Å². The van der Waals surface area contributed by atoms with E-state index in [1.807, 2.05) is 42.9 Å². The lowest BCUT2D eigenvalue weighted by Gasteiger charge is -2.14. The predicted molar refractivity (Wildman–Crippen MR) is 168 cm³/mol. The molecule has 7 rings (SSSR count). The Labute approximate surface area is 239 Å². The number of imidazole rings is 1. The van der Waals surface area contributed by atoms with E-state index in [2.05, 4.69) is 118 Å². The van der Waals surface area contributed by atoms with Gasteiger partial charge in [-0.2, -0.15) is 0 Å². The zero-order valence-electron chi connectivity index (χ0n) is 22.6. The van der Waals surface area contributed by atoms with Gasteiger partial charge in [-0.25, -0.2) is 4.98 Å². The van der Waals surface area contributed by atoms with Crippen LogP contribution in [0.3, 0.4) is 0 Å². The number of furan rings is 1. The SMILES string of the molecule is c1ccc(-c2ccc(Cn3cncc3CNc3ccc(-c4cc5ccccc5o4)c(-c4ccccc4)c3)cc2)cc1. The Balaban J connectivity index is 1.11. The van der Waals surface area contributed by atoms with Crippen molar-refractivity contribution in [2.75, 3.05) is 5.32 Å². The summed E-state index contributed by atoms with van der Waals surface area (Å²) in [7, 11) is 0. The molecule has 2 heterocycles. The number of fused-ring (bicyclic) bond motifs is 1. The molecule has 0 saturated heterocycles. The van der Waals surface area contributed by atoms with Crippen LogP contribution in [0.1, 0.15) is 11.3 Å². The fourth-order valence-electron chi connectivity index (χ4n) is 5.30. The second kappa shape index (κ2) is 11.0. The summed E-state index contributed by atoms with van der Waals surface area (Å²) in [4.78, 5) is 4.45. The lowest BCUT2D eigenvalue weighted by Crippen LogP contribution is -2.08. The van der Waals surface area contributed by atoms with E-state index in [-0.39, 0.29) is 0 Å². The van der Waals surface area contributed by atoms with Crippen molar-refractivity contribution in [2.45, 2.75) is 13.1 Å². The van der Waals surface area contributed by atoms with Crippen molar-refractivity contribution in [3.63, 3.8) is 0 Å². The Morgan fingerprint density at radius 1 is 0.634 bits per heavy atom. The smallest absolute Gasteiger partial charge is 0.136 e. The highest BCUT2D eigenvalue weighted by molar-refractivity contribution is 5.89. The average molecular weight is 532 g/mol. The van der Waals surface area contributed by atoms with Gasteiger partial charge >= 0.3 is 0 Å². The first kappa shape index (κ1) is 24.7. The van der Waals surface area contributed by atoms with Crippen molar-refractivity contribution in [1.29, 1.82) is 0 Å². The lowest BCUT2D eigenvalue weighted by atomic mass is 9.97. The van der Waals surface area contributed by atoms with E-state index in [4.69, 9.17) is 4.42 Å². The van der Waals surface area contributed by atoms with Crippen LogP contribution in [0.15, 0.2) is 150 Å². The zero-order valence-corrected chi connectivity index (χ0v) is 22.6. The van der Waals surface area contributed by atoms with Gasteiger partial charge in [-0.3, -0.25) is 0 Å². The summed E-state index contributed by atoms with van der Waals surface area (Å²) in [5.74, 6) is 0.868. The van der Waals surface area contributed by atoms with Crippen LogP contribution >= 0.6 is 0 Å². The van der Waals surface area contributed by atoms with Crippen LogP contribution in [0.2, 0.25) is 0 Å². The number of para-hydroxylation sites is 1. The van der Waals surface area contributed by atoms with E-state index in [0.29, 0.717) is 6.54 Å². The van der Waals surface area contributed by atoms with Gasteiger partial charge in [0.15, 0.2) is 0 Å². The molecule has 0 amide bonds. The molecule has 198 valence electrons. The monoisotopic (exact) mass is 531 g/mol. The van der Waals surface area contributed by atoms with E-state index in [1.54, 1.807) is 0 Å². The van der Waals surface area contributed by atoms with Crippen molar-refractivity contribution in [1.82, 2.24) is 9.55 Å². The normalized spacial score (nSPS) is 11.1. The first-order valence-corrected chi connectivity index (χ1v) is 13.9. The van der Waals surface area contributed by atoms with Crippen LogP contribution in [-0.4, -0.2) is 9.55 Å². The highest BCUT2D eigenvalue weighted by Gasteiger charge is 2.14. The number of benzene rings is 5. The number of nitrogens with zero attached hydrogens (tertiary/aromatic N) is 2. The molecule has 0 saturated carbocycles. The third-order valence-corrected chi connectivity index (χ3v) is 7.48. The molecule has 0 spiro atoms. The molecule has 0 unspecified atom stereocenters. The summed E-state index contributed by atoms with van der Waals surface area (Å²) in [6.07, 6.45) is 3.84. The van der Waals surface area contributed by atoms with E-state index >= 15 is 0 Å². The van der Waals surface area contributed by atoms with E-state index in [9.17, 15) is 0 Å². The molecular weight excluding hydrogens is 502 g/mol. The van der Waals surface area contributed by atoms with Crippen molar-refractivity contribution in [3.05, 3.63) is 157 Å². The topological polar surface area (TPSA) is 43.0 Å². The van der Waals surface area contributed by atoms with Crippen molar-refractivity contribution in [2.24, 2.45) is 0 Å². The predicted octanol–water partition coefficient (Wildman–Crippen LogP) is 9.29. The number of rotatable bonds is 8. The van der Waals surface area contributed by atoms with Gasteiger partial charge in [0.2, 0.25) is 0 Å². The van der Waals surface area contributed by atoms with Gasteiger partial charge in [-0.15, -0.1) is 0 Å². The quantitative estimate of drug-likeness (QED) is 0.212. The molecular formula is C37H29N3O. The minimum Gasteiger partial charge on any atom is -0.456 e. The van der Waals surface area contributed by atoms with Gasteiger partial charge in [0, 0.05) is 29.4 Å². The molecule has 4 nitrogen and oxygen atoms in total. The first-order valence-electron chi connectivity index (χ1n) is 13.9. The summed E-state index contributed by atoms with van der Waals surface area (Å²) >= 11 is 0. The molecule has 0 aliphatic heterocycles. The molecule has 0 atom stereocenters. The molecule has 0 radical (unpaired) electrons. The second-order valence-electron chi connectivity index (χ2n) is 10.2. The number of aromatic nitrogens is 2. The largest absolute Gasteiger partial charge is 0.456 e. The summed E-state index contributed by atoms with van der Waals surface area (Å²) in [5.41, 5.74) is 10.1. The van der Waals surface area contributed by atoms with Gasteiger partial charge in [-0.1, -0.05) is 103 Å². The maximum Gasteiger partial charge on any atom is 0.136 e. The van der Waals surface area contributed by atoms with Crippen LogP contribution in [0, 0.1) is 0 Å². The Hall–Kier alpha value is -5.35. The summed E-state index contributed by atoms with van der Waals surface area (Å²) in [6.45, 7) is 1.44. The molecule has 2 aromatic heterocycles. The van der Waals surface area contributed by atoms with Crippen LogP contribution < -0.4 is 5.32 Å². The highest BCUT2D eigenvalue weighted by Crippen LogP contribution is 2.37. The third kappa shape index (κ3) is 5.28. The average Bonchev–Trinajstić information content (AvgIpc) is 3.68. The van der Waals surface area contributed by atoms with Gasteiger partial charge in [0.25, 0.3) is 0 Å². The number of nitrogens with one attached hydrogen (secondary N) is 1. The minimum atomic E-state index is 0.667. The van der Waals surface area contributed by atoms with Gasteiger partial charge in [-0.05, 0) is 58.1 Å². The number of hydrogen-bond donors (Lipinski definition) is 1.